The maximum atomic E-state index is 5.97. The number of benzene rings is 1. The molecule has 0 spiro atoms. The normalized spacial score (nSPS) is 12.4. The summed E-state index contributed by atoms with van der Waals surface area (Å²) in [7, 11) is 1.92. The van der Waals surface area contributed by atoms with Crippen LogP contribution in [0.3, 0.4) is 0 Å². The average molecular weight is 352 g/mol. The minimum absolute atomic E-state index is 0.227. The van der Waals surface area contributed by atoms with Crippen molar-refractivity contribution >= 4 is 15.9 Å². The van der Waals surface area contributed by atoms with Gasteiger partial charge in [0, 0.05) is 13.1 Å². The number of halogens is 1. The molecule has 1 heterocycles. The second kappa shape index (κ2) is 7.09. The fraction of sp³-hybridized carbons (Fsp3) is 0.438. The van der Waals surface area contributed by atoms with Crippen molar-refractivity contribution < 1.29 is 4.74 Å². The summed E-state index contributed by atoms with van der Waals surface area (Å²) >= 11 is 3.54. The van der Waals surface area contributed by atoms with Gasteiger partial charge in [-0.3, -0.25) is 4.68 Å². The Hall–Kier alpha value is -1.33. The number of aromatic nitrogens is 2. The van der Waals surface area contributed by atoms with E-state index in [1.165, 1.54) is 5.56 Å². The second-order valence-electron chi connectivity index (χ2n) is 5.27. The number of ether oxygens (including phenoxy) is 1. The van der Waals surface area contributed by atoms with Gasteiger partial charge in [0.05, 0.1) is 15.9 Å². The zero-order valence-corrected chi connectivity index (χ0v) is 14.4. The van der Waals surface area contributed by atoms with Crippen molar-refractivity contribution in [3.63, 3.8) is 0 Å². The lowest BCUT2D eigenvalue weighted by Gasteiger charge is -2.10. The number of aryl methyl sites for hydroxylation is 2. The molecule has 0 fully saturated rings. The lowest BCUT2D eigenvalue weighted by atomic mass is 10.0. The van der Waals surface area contributed by atoms with Crippen LogP contribution in [0.4, 0.5) is 0 Å². The van der Waals surface area contributed by atoms with Crippen LogP contribution in [0.2, 0.25) is 0 Å². The molecule has 0 bridgehead atoms. The van der Waals surface area contributed by atoms with E-state index < -0.39 is 0 Å². The van der Waals surface area contributed by atoms with E-state index in [1.54, 1.807) is 0 Å². The van der Waals surface area contributed by atoms with Gasteiger partial charge in [-0.05, 0) is 53.4 Å². The summed E-state index contributed by atoms with van der Waals surface area (Å²) in [5, 5.41) is 4.35. The predicted octanol–water partition coefficient (Wildman–Crippen LogP) is 3.35. The van der Waals surface area contributed by atoms with Gasteiger partial charge in [-0.25, -0.2) is 0 Å². The van der Waals surface area contributed by atoms with Gasteiger partial charge in [-0.15, -0.1) is 0 Å². The predicted molar refractivity (Wildman–Crippen MR) is 88.4 cm³/mol. The van der Waals surface area contributed by atoms with Crippen LogP contribution in [0.1, 0.15) is 30.3 Å². The zero-order chi connectivity index (χ0) is 15.4. The van der Waals surface area contributed by atoms with Crippen LogP contribution in [0, 0.1) is 6.92 Å². The van der Waals surface area contributed by atoms with E-state index in [0.717, 1.165) is 34.5 Å². The third-order valence-corrected chi connectivity index (χ3v) is 4.61. The fourth-order valence-electron chi connectivity index (χ4n) is 2.16. The number of rotatable bonds is 6. The number of nitrogens with zero attached hydrogens (tertiary/aromatic N) is 2. The smallest absolute Gasteiger partial charge is 0.131 e. The van der Waals surface area contributed by atoms with E-state index in [2.05, 4.69) is 40.1 Å². The molecule has 1 atom stereocenters. The molecule has 1 aromatic heterocycles. The highest BCUT2D eigenvalue weighted by atomic mass is 79.9. The van der Waals surface area contributed by atoms with Gasteiger partial charge in [0.1, 0.15) is 12.4 Å². The second-order valence-corrected chi connectivity index (χ2v) is 6.07. The van der Waals surface area contributed by atoms with Crippen molar-refractivity contribution in [2.75, 3.05) is 0 Å². The molecule has 1 unspecified atom stereocenters. The van der Waals surface area contributed by atoms with Gasteiger partial charge in [-0.2, -0.15) is 5.10 Å². The van der Waals surface area contributed by atoms with Crippen LogP contribution in [-0.2, 0) is 20.1 Å². The summed E-state index contributed by atoms with van der Waals surface area (Å²) in [5.41, 5.74) is 9.22. The summed E-state index contributed by atoms with van der Waals surface area (Å²) in [4.78, 5) is 0. The highest BCUT2D eigenvalue weighted by Gasteiger charge is 2.11. The summed E-state index contributed by atoms with van der Waals surface area (Å²) < 4.78 is 8.68. The molecule has 0 aliphatic carbocycles. The molecule has 0 aliphatic rings. The van der Waals surface area contributed by atoms with Crippen LogP contribution < -0.4 is 10.5 Å². The first-order chi connectivity index (χ1) is 10.0. The summed E-state index contributed by atoms with van der Waals surface area (Å²) in [6.45, 7) is 4.57. The highest BCUT2D eigenvalue weighted by molar-refractivity contribution is 9.10. The van der Waals surface area contributed by atoms with Crippen molar-refractivity contribution in [3.8, 4) is 5.75 Å². The Balaban J connectivity index is 1.97. The Kier molecular flexibility index (Phi) is 5.42. The number of hydrogen-bond donors (Lipinski definition) is 1. The Labute approximate surface area is 134 Å². The van der Waals surface area contributed by atoms with Crippen molar-refractivity contribution in [1.29, 1.82) is 0 Å². The van der Waals surface area contributed by atoms with Gasteiger partial charge >= 0.3 is 0 Å². The standard InChI is InChI=1S/C16H22BrN3O/c1-4-13(18)9-12-5-7-14(8-6-12)21-10-15-16(17)11(2)19-20(15)3/h5-8,13H,4,9-10,18H2,1-3H3. The number of nitrogens with two attached hydrogens (primary N) is 1. The third kappa shape index (κ3) is 4.08. The van der Waals surface area contributed by atoms with Crippen molar-refractivity contribution in [2.24, 2.45) is 12.8 Å². The van der Waals surface area contributed by atoms with Crippen LogP contribution in [0.25, 0.3) is 0 Å². The van der Waals surface area contributed by atoms with Crippen LogP contribution in [0.15, 0.2) is 28.7 Å². The minimum atomic E-state index is 0.227. The molecular weight excluding hydrogens is 330 g/mol. The SMILES string of the molecule is CCC(N)Cc1ccc(OCc2c(Br)c(C)nn2C)cc1. The fourth-order valence-corrected chi connectivity index (χ4v) is 2.61. The van der Waals surface area contributed by atoms with Gasteiger partial charge in [0.2, 0.25) is 0 Å². The molecular formula is C16H22BrN3O. The summed E-state index contributed by atoms with van der Waals surface area (Å²) in [5.74, 6) is 0.856. The first-order valence-electron chi connectivity index (χ1n) is 7.16. The maximum Gasteiger partial charge on any atom is 0.131 e. The maximum absolute atomic E-state index is 5.97. The Morgan fingerprint density at radius 3 is 2.52 bits per heavy atom. The molecule has 2 aromatic rings. The Bertz CT molecular complexity index is 592. The van der Waals surface area contributed by atoms with E-state index in [0.29, 0.717) is 6.61 Å². The van der Waals surface area contributed by atoms with E-state index in [9.17, 15) is 0 Å². The molecule has 114 valence electrons. The lowest BCUT2D eigenvalue weighted by Crippen LogP contribution is -2.21. The summed E-state index contributed by atoms with van der Waals surface area (Å²) in [6.07, 6.45) is 1.90. The van der Waals surface area contributed by atoms with E-state index in [4.69, 9.17) is 10.5 Å². The molecule has 0 aliphatic heterocycles. The molecule has 0 amide bonds. The molecule has 0 radical (unpaired) electrons. The van der Waals surface area contributed by atoms with Crippen molar-refractivity contribution in [2.45, 2.75) is 39.3 Å². The first-order valence-corrected chi connectivity index (χ1v) is 7.95. The molecule has 4 nitrogen and oxygen atoms in total. The van der Waals surface area contributed by atoms with E-state index >= 15 is 0 Å². The molecule has 21 heavy (non-hydrogen) atoms. The molecule has 1 aromatic carbocycles. The van der Waals surface area contributed by atoms with E-state index in [-0.39, 0.29) is 6.04 Å². The molecule has 0 saturated heterocycles. The quantitative estimate of drug-likeness (QED) is 0.868. The van der Waals surface area contributed by atoms with Crippen LogP contribution >= 0.6 is 15.9 Å². The molecule has 0 saturated carbocycles. The van der Waals surface area contributed by atoms with Gasteiger partial charge in [-0.1, -0.05) is 19.1 Å². The zero-order valence-electron chi connectivity index (χ0n) is 12.8. The van der Waals surface area contributed by atoms with Gasteiger partial charge in [0.25, 0.3) is 0 Å². The van der Waals surface area contributed by atoms with Crippen LogP contribution in [0.5, 0.6) is 5.75 Å². The molecule has 5 heteroatoms. The first kappa shape index (κ1) is 16.0. The highest BCUT2D eigenvalue weighted by Crippen LogP contribution is 2.22. The van der Waals surface area contributed by atoms with Crippen molar-refractivity contribution in [1.82, 2.24) is 9.78 Å². The largest absolute Gasteiger partial charge is 0.487 e. The lowest BCUT2D eigenvalue weighted by molar-refractivity contribution is 0.294. The van der Waals surface area contributed by atoms with Crippen LogP contribution in [-0.4, -0.2) is 15.8 Å². The Morgan fingerprint density at radius 1 is 1.33 bits per heavy atom. The Morgan fingerprint density at radius 2 is 2.00 bits per heavy atom. The summed E-state index contributed by atoms with van der Waals surface area (Å²) in [6, 6.07) is 8.37. The van der Waals surface area contributed by atoms with Crippen molar-refractivity contribution in [3.05, 3.63) is 45.7 Å². The van der Waals surface area contributed by atoms with E-state index in [1.807, 2.05) is 30.8 Å². The minimum Gasteiger partial charge on any atom is -0.487 e. The third-order valence-electron chi connectivity index (χ3n) is 3.58. The topological polar surface area (TPSA) is 53.1 Å². The molecule has 2 N–H and O–H groups in total. The van der Waals surface area contributed by atoms with Gasteiger partial charge < -0.3 is 10.5 Å². The number of hydrogen-bond acceptors (Lipinski definition) is 3. The monoisotopic (exact) mass is 351 g/mol. The average Bonchev–Trinajstić information content (AvgIpc) is 2.71. The van der Waals surface area contributed by atoms with Gasteiger partial charge in [0.15, 0.2) is 0 Å². The molecule has 2 rings (SSSR count).